The van der Waals surface area contributed by atoms with Gasteiger partial charge in [0.2, 0.25) is 0 Å². The Hall–Kier alpha value is -1.62. The van der Waals surface area contributed by atoms with E-state index in [0.29, 0.717) is 17.4 Å². The van der Waals surface area contributed by atoms with E-state index in [-0.39, 0.29) is 11.9 Å². The standard InChI is InChI=1S/C14H24N4O/c1-10(2)8-11(9-18(3)4)16-14(19)12-6-5-7-13(15)17-12/h5-7,10-11H,8-9H2,1-4H3,(H2,15,17)(H,16,19). The molecule has 0 fully saturated rings. The Morgan fingerprint density at radius 3 is 2.63 bits per heavy atom. The average Bonchev–Trinajstić information content (AvgIpc) is 2.26. The Kier molecular flexibility index (Phi) is 5.76. The number of nitrogens with one attached hydrogen (secondary N) is 1. The second-order valence-electron chi connectivity index (χ2n) is 5.51. The van der Waals surface area contributed by atoms with Crippen molar-refractivity contribution < 1.29 is 4.79 Å². The zero-order valence-electron chi connectivity index (χ0n) is 12.2. The molecular weight excluding hydrogens is 240 g/mol. The van der Waals surface area contributed by atoms with Crippen LogP contribution in [-0.4, -0.2) is 42.5 Å². The van der Waals surface area contributed by atoms with Gasteiger partial charge in [0.1, 0.15) is 11.5 Å². The molecular formula is C14H24N4O. The monoisotopic (exact) mass is 264 g/mol. The average molecular weight is 264 g/mol. The zero-order valence-corrected chi connectivity index (χ0v) is 12.2. The highest BCUT2D eigenvalue weighted by Crippen LogP contribution is 2.07. The topological polar surface area (TPSA) is 71.2 Å². The highest BCUT2D eigenvalue weighted by atomic mass is 16.1. The molecule has 5 heteroatoms. The maximum absolute atomic E-state index is 12.1. The molecule has 3 N–H and O–H groups in total. The van der Waals surface area contributed by atoms with Crippen LogP contribution >= 0.6 is 0 Å². The van der Waals surface area contributed by atoms with E-state index in [1.165, 1.54) is 0 Å². The number of nitrogens with two attached hydrogens (primary N) is 1. The summed E-state index contributed by atoms with van der Waals surface area (Å²) in [5.74, 6) is 0.722. The van der Waals surface area contributed by atoms with Gasteiger partial charge in [0, 0.05) is 12.6 Å². The van der Waals surface area contributed by atoms with Crippen molar-refractivity contribution in [3.05, 3.63) is 23.9 Å². The number of amides is 1. The molecule has 1 aromatic rings. The van der Waals surface area contributed by atoms with Crippen molar-refractivity contribution in [3.8, 4) is 0 Å². The third-order valence-electron chi connectivity index (χ3n) is 2.68. The summed E-state index contributed by atoms with van der Waals surface area (Å²) in [5.41, 5.74) is 5.96. The smallest absolute Gasteiger partial charge is 0.270 e. The first-order valence-corrected chi connectivity index (χ1v) is 6.56. The van der Waals surface area contributed by atoms with Crippen LogP contribution in [0.15, 0.2) is 18.2 Å². The van der Waals surface area contributed by atoms with E-state index in [9.17, 15) is 4.79 Å². The Morgan fingerprint density at radius 2 is 2.11 bits per heavy atom. The van der Waals surface area contributed by atoms with Crippen LogP contribution in [0.5, 0.6) is 0 Å². The molecule has 1 unspecified atom stereocenters. The first-order chi connectivity index (χ1) is 8.88. The molecule has 0 saturated carbocycles. The largest absolute Gasteiger partial charge is 0.384 e. The molecule has 0 bridgehead atoms. The van der Waals surface area contributed by atoms with Gasteiger partial charge in [-0.1, -0.05) is 19.9 Å². The molecule has 0 spiro atoms. The third-order valence-corrected chi connectivity index (χ3v) is 2.68. The van der Waals surface area contributed by atoms with E-state index in [1.54, 1.807) is 18.2 Å². The predicted molar refractivity (Wildman–Crippen MR) is 77.9 cm³/mol. The van der Waals surface area contributed by atoms with Crippen LogP contribution in [-0.2, 0) is 0 Å². The van der Waals surface area contributed by atoms with E-state index >= 15 is 0 Å². The summed E-state index contributed by atoms with van der Waals surface area (Å²) in [7, 11) is 4.00. The van der Waals surface area contributed by atoms with Crippen LogP contribution in [0.2, 0.25) is 0 Å². The van der Waals surface area contributed by atoms with Crippen LogP contribution < -0.4 is 11.1 Å². The summed E-state index contributed by atoms with van der Waals surface area (Å²) in [4.78, 5) is 18.2. The maximum atomic E-state index is 12.1. The molecule has 0 radical (unpaired) electrons. The van der Waals surface area contributed by atoms with Crippen molar-refractivity contribution in [2.45, 2.75) is 26.3 Å². The van der Waals surface area contributed by atoms with Crippen LogP contribution in [0.1, 0.15) is 30.8 Å². The number of carbonyl (C=O) groups excluding carboxylic acids is 1. The van der Waals surface area contributed by atoms with Crippen LogP contribution in [0.25, 0.3) is 0 Å². The molecule has 0 aliphatic heterocycles. The number of hydrogen-bond donors (Lipinski definition) is 2. The Balaban J connectivity index is 2.69. The van der Waals surface area contributed by atoms with Crippen LogP contribution in [0.4, 0.5) is 5.82 Å². The molecule has 1 atom stereocenters. The van der Waals surface area contributed by atoms with Crippen molar-refractivity contribution in [2.24, 2.45) is 5.92 Å². The minimum absolute atomic E-state index is 0.116. The second kappa shape index (κ2) is 7.09. The molecule has 0 aromatic carbocycles. The molecule has 1 heterocycles. The first-order valence-electron chi connectivity index (χ1n) is 6.56. The number of nitrogen functional groups attached to an aromatic ring is 1. The second-order valence-corrected chi connectivity index (χ2v) is 5.51. The van der Waals surface area contributed by atoms with Gasteiger partial charge < -0.3 is 16.0 Å². The van der Waals surface area contributed by atoms with Crippen molar-refractivity contribution in [3.63, 3.8) is 0 Å². The van der Waals surface area contributed by atoms with Gasteiger partial charge in [-0.05, 0) is 38.6 Å². The Labute approximate surface area is 115 Å². The number of aromatic nitrogens is 1. The number of nitrogens with zero attached hydrogens (tertiary/aromatic N) is 2. The molecule has 0 aliphatic carbocycles. The van der Waals surface area contributed by atoms with Gasteiger partial charge in [0.15, 0.2) is 0 Å². The maximum Gasteiger partial charge on any atom is 0.270 e. The minimum atomic E-state index is -0.167. The number of hydrogen-bond acceptors (Lipinski definition) is 4. The van der Waals surface area contributed by atoms with E-state index < -0.39 is 0 Å². The lowest BCUT2D eigenvalue weighted by Gasteiger charge is -2.23. The van der Waals surface area contributed by atoms with Gasteiger partial charge in [-0.15, -0.1) is 0 Å². The van der Waals surface area contributed by atoms with E-state index in [2.05, 4.69) is 29.0 Å². The molecule has 106 valence electrons. The molecule has 5 nitrogen and oxygen atoms in total. The summed E-state index contributed by atoms with van der Waals surface area (Å²) < 4.78 is 0. The summed E-state index contributed by atoms with van der Waals surface area (Å²) >= 11 is 0. The zero-order chi connectivity index (χ0) is 14.4. The predicted octanol–water partition coefficient (Wildman–Crippen LogP) is 1.37. The quantitative estimate of drug-likeness (QED) is 0.814. The fraction of sp³-hybridized carbons (Fsp3) is 0.571. The molecule has 1 aromatic heterocycles. The fourth-order valence-electron chi connectivity index (χ4n) is 2.03. The number of rotatable bonds is 6. The molecule has 1 rings (SSSR count). The van der Waals surface area contributed by atoms with Crippen molar-refractivity contribution in [1.82, 2.24) is 15.2 Å². The Bertz CT molecular complexity index is 408. The number of likely N-dealkylation sites (N-methyl/N-ethyl adjacent to an activating group) is 1. The van der Waals surface area contributed by atoms with Crippen LogP contribution in [0.3, 0.4) is 0 Å². The van der Waals surface area contributed by atoms with Gasteiger partial charge in [0.25, 0.3) is 5.91 Å². The number of carbonyl (C=O) groups is 1. The summed E-state index contributed by atoms with van der Waals surface area (Å²) in [6.45, 7) is 5.10. The van der Waals surface area contributed by atoms with Gasteiger partial charge in [-0.3, -0.25) is 4.79 Å². The Morgan fingerprint density at radius 1 is 1.42 bits per heavy atom. The van der Waals surface area contributed by atoms with E-state index in [4.69, 9.17) is 5.73 Å². The van der Waals surface area contributed by atoms with Gasteiger partial charge in [-0.2, -0.15) is 0 Å². The number of anilines is 1. The SMILES string of the molecule is CC(C)CC(CN(C)C)NC(=O)c1cccc(N)n1. The van der Waals surface area contributed by atoms with Gasteiger partial charge in [0.05, 0.1) is 0 Å². The summed E-state index contributed by atoms with van der Waals surface area (Å²) in [6.07, 6.45) is 0.937. The molecule has 19 heavy (non-hydrogen) atoms. The highest BCUT2D eigenvalue weighted by Gasteiger charge is 2.16. The summed E-state index contributed by atoms with van der Waals surface area (Å²) in [6, 6.07) is 5.20. The van der Waals surface area contributed by atoms with Crippen molar-refractivity contribution in [1.29, 1.82) is 0 Å². The van der Waals surface area contributed by atoms with Crippen molar-refractivity contribution in [2.75, 3.05) is 26.4 Å². The highest BCUT2D eigenvalue weighted by molar-refractivity contribution is 5.92. The molecule has 0 aliphatic rings. The van der Waals surface area contributed by atoms with Gasteiger partial charge >= 0.3 is 0 Å². The summed E-state index contributed by atoms with van der Waals surface area (Å²) in [5, 5.41) is 3.02. The fourth-order valence-corrected chi connectivity index (χ4v) is 2.03. The molecule has 1 amide bonds. The van der Waals surface area contributed by atoms with Crippen LogP contribution in [0, 0.1) is 5.92 Å². The lowest BCUT2D eigenvalue weighted by molar-refractivity contribution is 0.0919. The third kappa shape index (κ3) is 5.70. The number of pyridine rings is 1. The van der Waals surface area contributed by atoms with Crippen molar-refractivity contribution >= 4 is 11.7 Å². The lowest BCUT2D eigenvalue weighted by atomic mass is 10.0. The normalized spacial score (nSPS) is 12.7. The minimum Gasteiger partial charge on any atom is -0.384 e. The van der Waals surface area contributed by atoms with E-state index in [1.807, 2.05) is 14.1 Å². The molecule has 0 saturated heterocycles. The first kappa shape index (κ1) is 15.4. The lowest BCUT2D eigenvalue weighted by Crippen LogP contribution is -2.42. The van der Waals surface area contributed by atoms with Gasteiger partial charge in [-0.25, -0.2) is 4.98 Å². The van der Waals surface area contributed by atoms with E-state index in [0.717, 1.165) is 13.0 Å².